The highest BCUT2D eigenvalue weighted by Gasteiger charge is 2.21. The molecule has 5 heteroatoms. The number of esters is 1. The number of anilines is 1. The van der Waals surface area contributed by atoms with Crippen LogP contribution in [0.2, 0.25) is 0 Å². The summed E-state index contributed by atoms with van der Waals surface area (Å²) in [4.78, 5) is 35.8. The Hall–Kier alpha value is -2.95. The van der Waals surface area contributed by atoms with Crippen LogP contribution in [0.4, 0.5) is 5.69 Å². The number of carbonyl (C=O) groups excluding carboxylic acids is 3. The van der Waals surface area contributed by atoms with Crippen molar-refractivity contribution in [2.45, 2.75) is 46.1 Å². The van der Waals surface area contributed by atoms with Gasteiger partial charge in [0.05, 0.1) is 5.56 Å². The standard InChI is InChI=1S/C22H25NO4/c1-14(20(25)16-6-10-18(11-7-16)22(3,4)5)27-21(26)17-8-12-19(13-9-17)23-15(2)24/h6-14H,1-5H3,(H,23,24)/t14-/m1/s1. The fourth-order valence-electron chi connectivity index (χ4n) is 2.54. The smallest absolute Gasteiger partial charge is 0.338 e. The van der Waals surface area contributed by atoms with Crippen LogP contribution < -0.4 is 5.32 Å². The van der Waals surface area contributed by atoms with Gasteiger partial charge in [-0.2, -0.15) is 0 Å². The van der Waals surface area contributed by atoms with Gasteiger partial charge in [0.25, 0.3) is 0 Å². The summed E-state index contributed by atoms with van der Waals surface area (Å²) < 4.78 is 5.30. The molecular formula is C22H25NO4. The first kappa shape index (κ1) is 20.4. The second-order valence-corrected chi connectivity index (χ2v) is 7.50. The maximum atomic E-state index is 12.5. The van der Waals surface area contributed by atoms with Crippen molar-refractivity contribution in [1.82, 2.24) is 0 Å². The SMILES string of the molecule is CC(=O)Nc1ccc(C(=O)O[C@H](C)C(=O)c2ccc(C(C)(C)C)cc2)cc1. The van der Waals surface area contributed by atoms with Crippen molar-refractivity contribution in [3.8, 4) is 0 Å². The number of nitrogens with one attached hydrogen (secondary N) is 1. The minimum Gasteiger partial charge on any atom is -0.451 e. The van der Waals surface area contributed by atoms with Gasteiger partial charge >= 0.3 is 5.97 Å². The van der Waals surface area contributed by atoms with E-state index in [1.807, 2.05) is 12.1 Å². The molecule has 0 spiro atoms. The number of ketones is 1. The highest BCUT2D eigenvalue weighted by Crippen LogP contribution is 2.22. The largest absolute Gasteiger partial charge is 0.451 e. The van der Waals surface area contributed by atoms with E-state index < -0.39 is 12.1 Å². The van der Waals surface area contributed by atoms with Gasteiger partial charge in [-0.1, -0.05) is 45.0 Å². The van der Waals surface area contributed by atoms with Gasteiger partial charge in [-0.25, -0.2) is 4.79 Å². The van der Waals surface area contributed by atoms with Crippen LogP contribution in [-0.2, 0) is 14.9 Å². The normalized spacial score (nSPS) is 12.2. The molecule has 0 saturated heterocycles. The van der Waals surface area contributed by atoms with Gasteiger partial charge in [-0.05, 0) is 42.2 Å². The fraction of sp³-hybridized carbons (Fsp3) is 0.318. The van der Waals surface area contributed by atoms with Crippen LogP contribution in [0.5, 0.6) is 0 Å². The van der Waals surface area contributed by atoms with Crippen LogP contribution in [0.1, 0.15) is 60.9 Å². The quantitative estimate of drug-likeness (QED) is 0.629. The molecule has 0 aromatic heterocycles. The van der Waals surface area contributed by atoms with E-state index in [9.17, 15) is 14.4 Å². The summed E-state index contributed by atoms with van der Waals surface area (Å²) in [6.07, 6.45) is -0.895. The molecule has 0 heterocycles. The zero-order valence-electron chi connectivity index (χ0n) is 16.3. The minimum atomic E-state index is -0.895. The Kier molecular flexibility index (Phi) is 6.16. The van der Waals surface area contributed by atoms with E-state index in [-0.39, 0.29) is 17.1 Å². The molecule has 1 atom stereocenters. The molecule has 2 aromatic carbocycles. The Bertz CT molecular complexity index is 830. The van der Waals surface area contributed by atoms with Crippen molar-refractivity contribution >= 4 is 23.3 Å². The van der Waals surface area contributed by atoms with E-state index in [1.165, 1.54) is 6.92 Å². The van der Waals surface area contributed by atoms with Crippen molar-refractivity contribution in [1.29, 1.82) is 0 Å². The Morgan fingerprint density at radius 1 is 0.889 bits per heavy atom. The Morgan fingerprint density at radius 3 is 1.89 bits per heavy atom. The fourth-order valence-corrected chi connectivity index (χ4v) is 2.54. The van der Waals surface area contributed by atoms with Gasteiger partial charge in [0.1, 0.15) is 0 Å². The Morgan fingerprint density at radius 2 is 1.41 bits per heavy atom. The second kappa shape index (κ2) is 8.16. The number of hydrogen-bond acceptors (Lipinski definition) is 4. The van der Waals surface area contributed by atoms with Crippen molar-refractivity contribution in [2.75, 3.05) is 5.32 Å². The van der Waals surface area contributed by atoms with Crippen molar-refractivity contribution < 1.29 is 19.1 Å². The summed E-state index contributed by atoms with van der Waals surface area (Å²) >= 11 is 0. The molecule has 0 unspecified atom stereocenters. The number of rotatable bonds is 5. The van der Waals surface area contributed by atoms with E-state index in [1.54, 1.807) is 43.3 Å². The van der Waals surface area contributed by atoms with E-state index in [4.69, 9.17) is 4.74 Å². The van der Waals surface area contributed by atoms with Gasteiger partial charge in [0.15, 0.2) is 6.10 Å². The Labute approximate surface area is 159 Å². The zero-order valence-corrected chi connectivity index (χ0v) is 16.3. The van der Waals surface area contributed by atoms with Crippen molar-refractivity contribution in [3.05, 3.63) is 65.2 Å². The molecule has 5 nitrogen and oxygen atoms in total. The molecule has 0 aliphatic rings. The van der Waals surface area contributed by atoms with Crippen LogP contribution in [0.3, 0.4) is 0 Å². The van der Waals surface area contributed by atoms with Crippen LogP contribution in [0.25, 0.3) is 0 Å². The maximum absolute atomic E-state index is 12.5. The summed E-state index contributed by atoms with van der Waals surface area (Å²) in [5.74, 6) is -1.03. The lowest BCUT2D eigenvalue weighted by Gasteiger charge is -2.19. The number of ether oxygens (including phenoxy) is 1. The van der Waals surface area contributed by atoms with Crippen LogP contribution in [-0.4, -0.2) is 23.8 Å². The Balaban J connectivity index is 2.03. The highest BCUT2D eigenvalue weighted by molar-refractivity contribution is 6.01. The number of Topliss-reactive ketones (excluding diaryl/α,β-unsaturated/α-hetero) is 1. The first-order valence-electron chi connectivity index (χ1n) is 8.81. The second-order valence-electron chi connectivity index (χ2n) is 7.50. The maximum Gasteiger partial charge on any atom is 0.338 e. The van der Waals surface area contributed by atoms with E-state index in [2.05, 4.69) is 26.1 Å². The molecular weight excluding hydrogens is 342 g/mol. The molecule has 0 radical (unpaired) electrons. The highest BCUT2D eigenvalue weighted by atomic mass is 16.5. The minimum absolute atomic E-state index is 0.00304. The number of hydrogen-bond donors (Lipinski definition) is 1. The number of amides is 1. The van der Waals surface area contributed by atoms with Crippen LogP contribution in [0.15, 0.2) is 48.5 Å². The lowest BCUT2D eigenvalue weighted by atomic mass is 9.86. The average molecular weight is 367 g/mol. The molecule has 1 N–H and O–H groups in total. The molecule has 0 bridgehead atoms. The molecule has 0 aliphatic carbocycles. The van der Waals surface area contributed by atoms with Crippen molar-refractivity contribution in [2.24, 2.45) is 0 Å². The topological polar surface area (TPSA) is 72.5 Å². The van der Waals surface area contributed by atoms with Gasteiger partial charge in [0, 0.05) is 18.2 Å². The lowest BCUT2D eigenvalue weighted by molar-refractivity contribution is -0.114. The summed E-state index contributed by atoms with van der Waals surface area (Å²) in [6, 6.07) is 13.7. The third-order valence-corrected chi connectivity index (χ3v) is 4.13. The first-order chi connectivity index (χ1) is 12.6. The monoisotopic (exact) mass is 367 g/mol. The van der Waals surface area contributed by atoms with E-state index in [0.29, 0.717) is 16.8 Å². The zero-order chi connectivity index (χ0) is 20.2. The summed E-state index contributed by atoms with van der Waals surface area (Å²) in [5, 5.41) is 2.62. The molecule has 142 valence electrons. The van der Waals surface area contributed by atoms with Crippen molar-refractivity contribution in [3.63, 3.8) is 0 Å². The van der Waals surface area contributed by atoms with Crippen LogP contribution >= 0.6 is 0 Å². The summed E-state index contributed by atoms with van der Waals surface area (Å²) in [7, 11) is 0. The third-order valence-electron chi connectivity index (χ3n) is 4.13. The lowest BCUT2D eigenvalue weighted by Crippen LogP contribution is -2.24. The summed E-state index contributed by atoms with van der Waals surface area (Å²) in [6.45, 7) is 9.27. The van der Waals surface area contributed by atoms with Gasteiger partial charge in [0.2, 0.25) is 11.7 Å². The third kappa shape index (κ3) is 5.51. The molecule has 0 aliphatic heterocycles. The predicted molar refractivity (Wildman–Crippen MR) is 105 cm³/mol. The molecule has 27 heavy (non-hydrogen) atoms. The predicted octanol–water partition coefficient (Wildman–Crippen LogP) is 4.37. The average Bonchev–Trinajstić information content (AvgIpc) is 2.60. The van der Waals surface area contributed by atoms with Crippen LogP contribution in [0, 0.1) is 0 Å². The van der Waals surface area contributed by atoms with Gasteiger partial charge in [-0.15, -0.1) is 0 Å². The molecule has 2 rings (SSSR count). The van der Waals surface area contributed by atoms with E-state index in [0.717, 1.165) is 5.56 Å². The first-order valence-corrected chi connectivity index (χ1v) is 8.81. The molecule has 2 aromatic rings. The van der Waals surface area contributed by atoms with Gasteiger partial charge < -0.3 is 10.1 Å². The molecule has 0 saturated carbocycles. The molecule has 0 fully saturated rings. The van der Waals surface area contributed by atoms with E-state index >= 15 is 0 Å². The number of carbonyl (C=O) groups is 3. The summed E-state index contributed by atoms with van der Waals surface area (Å²) in [5.41, 5.74) is 2.53. The molecule has 1 amide bonds. The number of benzene rings is 2. The van der Waals surface area contributed by atoms with Gasteiger partial charge in [-0.3, -0.25) is 9.59 Å².